The molecule has 0 saturated carbocycles. The van der Waals surface area contributed by atoms with Crippen molar-refractivity contribution in [1.29, 1.82) is 0 Å². The number of para-hydroxylation sites is 1. The van der Waals surface area contributed by atoms with E-state index < -0.39 is 0 Å². The van der Waals surface area contributed by atoms with Gasteiger partial charge in [0.05, 0.1) is 15.8 Å². The number of aryl methyl sites for hydroxylation is 3. The highest BCUT2D eigenvalue weighted by molar-refractivity contribution is 8.00. The molecule has 0 aliphatic heterocycles. The predicted octanol–water partition coefficient (Wildman–Crippen LogP) is 5.28. The molecule has 1 unspecified atom stereocenters. The second-order valence-electron chi connectivity index (χ2n) is 6.36. The molecule has 0 spiro atoms. The molecule has 0 radical (unpaired) electrons. The third kappa shape index (κ3) is 4.02. The van der Waals surface area contributed by atoms with Gasteiger partial charge in [0.15, 0.2) is 0 Å². The molecule has 3 aromatic rings. The number of hydrogen-bond acceptors (Lipinski definition) is 3. The highest BCUT2D eigenvalue weighted by Crippen LogP contribution is 2.27. The van der Waals surface area contributed by atoms with Crippen LogP contribution >= 0.6 is 11.8 Å². The van der Waals surface area contributed by atoms with Crippen LogP contribution in [0.5, 0.6) is 0 Å². The van der Waals surface area contributed by atoms with Crippen LogP contribution in [0, 0.1) is 20.8 Å². The van der Waals surface area contributed by atoms with E-state index in [0.29, 0.717) is 0 Å². The van der Waals surface area contributed by atoms with Crippen LogP contribution in [-0.4, -0.2) is 16.1 Å². The van der Waals surface area contributed by atoms with Crippen LogP contribution in [0.25, 0.3) is 10.9 Å². The minimum atomic E-state index is -0.228. The zero-order valence-electron chi connectivity index (χ0n) is 15.0. The van der Waals surface area contributed by atoms with Gasteiger partial charge in [-0.1, -0.05) is 47.7 Å². The van der Waals surface area contributed by atoms with Crippen molar-refractivity contribution < 1.29 is 4.79 Å². The van der Waals surface area contributed by atoms with Gasteiger partial charge in [-0.2, -0.15) is 0 Å². The SMILES string of the molecule is Cc1ccc(NC(=O)C(C)Sc2cc(C)c3ccccc3n2)c(C)c1. The second-order valence-corrected chi connectivity index (χ2v) is 7.72. The Kier molecular flexibility index (Phi) is 5.09. The maximum atomic E-state index is 12.5. The number of pyridine rings is 1. The van der Waals surface area contributed by atoms with E-state index in [9.17, 15) is 4.79 Å². The standard InChI is InChI=1S/C21H22N2OS/c1-13-9-10-18(15(3)11-13)23-21(24)16(4)25-20-12-14(2)17-7-5-6-8-19(17)22-20/h5-12,16H,1-4H3,(H,23,24). The third-order valence-corrected chi connectivity index (χ3v) is 5.22. The molecule has 0 fully saturated rings. The van der Waals surface area contributed by atoms with Crippen molar-refractivity contribution in [2.24, 2.45) is 0 Å². The minimum Gasteiger partial charge on any atom is -0.325 e. The Morgan fingerprint density at radius 2 is 1.80 bits per heavy atom. The van der Waals surface area contributed by atoms with Crippen molar-refractivity contribution in [2.45, 2.75) is 38.0 Å². The van der Waals surface area contributed by atoms with Crippen molar-refractivity contribution in [2.75, 3.05) is 5.32 Å². The van der Waals surface area contributed by atoms with Gasteiger partial charge in [0.25, 0.3) is 0 Å². The number of rotatable bonds is 4. The molecule has 25 heavy (non-hydrogen) atoms. The van der Waals surface area contributed by atoms with Gasteiger partial charge in [0.2, 0.25) is 5.91 Å². The zero-order valence-corrected chi connectivity index (χ0v) is 15.8. The van der Waals surface area contributed by atoms with Crippen LogP contribution in [0.4, 0.5) is 5.69 Å². The number of hydrogen-bond donors (Lipinski definition) is 1. The quantitative estimate of drug-likeness (QED) is 0.651. The van der Waals surface area contributed by atoms with Gasteiger partial charge in [0, 0.05) is 11.1 Å². The van der Waals surface area contributed by atoms with Gasteiger partial charge < -0.3 is 5.32 Å². The molecule has 1 heterocycles. The van der Waals surface area contributed by atoms with Crippen LogP contribution in [0.1, 0.15) is 23.6 Å². The lowest BCUT2D eigenvalue weighted by atomic mass is 10.1. The maximum Gasteiger partial charge on any atom is 0.237 e. The molecule has 3 nitrogen and oxygen atoms in total. The largest absolute Gasteiger partial charge is 0.325 e. The maximum absolute atomic E-state index is 12.5. The van der Waals surface area contributed by atoms with Gasteiger partial charge in [-0.25, -0.2) is 4.98 Å². The normalized spacial score (nSPS) is 12.2. The average molecular weight is 350 g/mol. The van der Waals surface area contributed by atoms with Crippen LogP contribution < -0.4 is 5.32 Å². The Bertz CT molecular complexity index is 936. The van der Waals surface area contributed by atoms with Crippen molar-refractivity contribution in [3.63, 3.8) is 0 Å². The zero-order chi connectivity index (χ0) is 18.0. The van der Waals surface area contributed by atoms with Crippen molar-refractivity contribution in [3.8, 4) is 0 Å². The molecule has 0 aliphatic rings. The summed E-state index contributed by atoms with van der Waals surface area (Å²) in [7, 11) is 0. The molecular weight excluding hydrogens is 328 g/mol. The number of carbonyl (C=O) groups excluding carboxylic acids is 1. The first-order chi connectivity index (χ1) is 11.9. The summed E-state index contributed by atoms with van der Waals surface area (Å²) >= 11 is 1.49. The van der Waals surface area contributed by atoms with Gasteiger partial charge in [-0.15, -0.1) is 0 Å². The number of aromatic nitrogens is 1. The van der Waals surface area contributed by atoms with E-state index in [-0.39, 0.29) is 11.2 Å². The molecule has 0 aliphatic carbocycles. The Labute approximate surface area is 152 Å². The lowest BCUT2D eigenvalue weighted by molar-refractivity contribution is -0.115. The number of nitrogens with zero attached hydrogens (tertiary/aromatic N) is 1. The first kappa shape index (κ1) is 17.5. The fourth-order valence-electron chi connectivity index (χ4n) is 2.80. The number of thioether (sulfide) groups is 1. The molecule has 1 aromatic heterocycles. The molecule has 128 valence electrons. The summed E-state index contributed by atoms with van der Waals surface area (Å²) < 4.78 is 0. The molecule has 1 atom stereocenters. The molecule has 0 bridgehead atoms. The van der Waals surface area contributed by atoms with Gasteiger partial charge >= 0.3 is 0 Å². The molecule has 3 rings (SSSR count). The van der Waals surface area contributed by atoms with E-state index in [2.05, 4.69) is 29.4 Å². The third-order valence-electron chi connectivity index (χ3n) is 4.21. The fourth-order valence-corrected chi connectivity index (χ4v) is 3.73. The number of anilines is 1. The highest BCUT2D eigenvalue weighted by atomic mass is 32.2. The van der Waals surface area contributed by atoms with E-state index in [1.807, 2.05) is 57.2 Å². The summed E-state index contributed by atoms with van der Waals surface area (Å²) in [4.78, 5) is 17.2. The Balaban J connectivity index is 1.75. The summed E-state index contributed by atoms with van der Waals surface area (Å²) in [5, 5.41) is 4.82. The van der Waals surface area contributed by atoms with Gasteiger partial charge in [0.1, 0.15) is 0 Å². The number of benzene rings is 2. The summed E-state index contributed by atoms with van der Waals surface area (Å²) in [6.07, 6.45) is 0. The molecule has 2 aromatic carbocycles. The van der Waals surface area contributed by atoms with E-state index in [4.69, 9.17) is 0 Å². The smallest absolute Gasteiger partial charge is 0.237 e. The summed E-state index contributed by atoms with van der Waals surface area (Å²) in [5.41, 5.74) is 5.27. The first-order valence-corrected chi connectivity index (χ1v) is 9.23. The Morgan fingerprint density at radius 3 is 2.56 bits per heavy atom. The second kappa shape index (κ2) is 7.28. The molecule has 0 saturated heterocycles. The first-order valence-electron chi connectivity index (χ1n) is 8.35. The lowest BCUT2D eigenvalue weighted by Gasteiger charge is -2.14. The van der Waals surface area contributed by atoms with E-state index in [0.717, 1.165) is 27.2 Å². The van der Waals surface area contributed by atoms with Gasteiger partial charge in [-0.05, 0) is 57.0 Å². The summed E-state index contributed by atoms with van der Waals surface area (Å²) in [6, 6.07) is 16.2. The van der Waals surface area contributed by atoms with Gasteiger partial charge in [-0.3, -0.25) is 4.79 Å². The number of fused-ring (bicyclic) bond motifs is 1. The molecule has 1 N–H and O–H groups in total. The van der Waals surface area contributed by atoms with Crippen LogP contribution in [-0.2, 0) is 4.79 Å². The van der Waals surface area contributed by atoms with E-state index in [1.165, 1.54) is 22.9 Å². The van der Waals surface area contributed by atoms with Crippen LogP contribution in [0.2, 0.25) is 0 Å². The number of carbonyl (C=O) groups is 1. The van der Waals surface area contributed by atoms with Crippen LogP contribution in [0.3, 0.4) is 0 Å². The lowest BCUT2D eigenvalue weighted by Crippen LogP contribution is -2.23. The topological polar surface area (TPSA) is 42.0 Å². The predicted molar refractivity (Wildman–Crippen MR) is 106 cm³/mol. The monoisotopic (exact) mass is 350 g/mol. The average Bonchev–Trinajstić information content (AvgIpc) is 2.57. The van der Waals surface area contributed by atoms with Crippen molar-refractivity contribution in [3.05, 3.63) is 65.2 Å². The molecule has 4 heteroatoms. The summed E-state index contributed by atoms with van der Waals surface area (Å²) in [5.74, 6) is -0.00966. The summed E-state index contributed by atoms with van der Waals surface area (Å²) in [6.45, 7) is 8.05. The van der Waals surface area contributed by atoms with Crippen molar-refractivity contribution in [1.82, 2.24) is 4.98 Å². The minimum absolute atomic E-state index is 0.00966. The van der Waals surface area contributed by atoms with Crippen LogP contribution in [0.15, 0.2) is 53.6 Å². The van der Waals surface area contributed by atoms with Crippen molar-refractivity contribution >= 4 is 34.3 Å². The van der Waals surface area contributed by atoms with E-state index >= 15 is 0 Å². The Morgan fingerprint density at radius 1 is 1.04 bits per heavy atom. The number of amides is 1. The molecule has 1 amide bonds. The fraction of sp³-hybridized carbons (Fsp3) is 0.238. The highest BCUT2D eigenvalue weighted by Gasteiger charge is 2.17. The Hall–Kier alpha value is -2.33. The number of nitrogens with one attached hydrogen (secondary N) is 1. The van der Waals surface area contributed by atoms with E-state index in [1.54, 1.807) is 0 Å². The molecular formula is C21H22N2OS.